The van der Waals surface area contributed by atoms with Crippen LogP contribution in [0.15, 0.2) is 18.2 Å². The van der Waals surface area contributed by atoms with Crippen molar-refractivity contribution in [3.63, 3.8) is 0 Å². The van der Waals surface area contributed by atoms with E-state index in [1.807, 2.05) is 13.0 Å². The van der Waals surface area contributed by atoms with Crippen LogP contribution < -0.4 is 11.3 Å². The van der Waals surface area contributed by atoms with E-state index in [0.29, 0.717) is 0 Å². The number of hydrogen-bond donors (Lipinski definition) is 2. The topological polar surface area (TPSA) is 38.0 Å². The molecule has 1 aromatic carbocycles. The van der Waals surface area contributed by atoms with E-state index < -0.39 is 0 Å². The fourth-order valence-corrected chi connectivity index (χ4v) is 2.09. The SMILES string of the molecule is Cc1ccc(F)cc1CC(CC1CC1)NN. The van der Waals surface area contributed by atoms with Gasteiger partial charge in [0.2, 0.25) is 0 Å². The minimum absolute atomic E-state index is 0.164. The Morgan fingerprint density at radius 3 is 2.88 bits per heavy atom. The molecule has 0 bridgehead atoms. The number of hydrazine groups is 1. The van der Waals surface area contributed by atoms with Crippen LogP contribution in [0.3, 0.4) is 0 Å². The summed E-state index contributed by atoms with van der Waals surface area (Å²) in [6.07, 6.45) is 4.56. The monoisotopic (exact) mass is 222 g/mol. The number of nitrogens with one attached hydrogen (secondary N) is 1. The van der Waals surface area contributed by atoms with Crippen LogP contribution in [0.1, 0.15) is 30.4 Å². The smallest absolute Gasteiger partial charge is 0.123 e. The Labute approximate surface area is 96.0 Å². The van der Waals surface area contributed by atoms with Crippen LogP contribution in [0.4, 0.5) is 4.39 Å². The molecule has 1 aliphatic rings. The van der Waals surface area contributed by atoms with Gasteiger partial charge in [0.1, 0.15) is 5.82 Å². The fourth-order valence-electron chi connectivity index (χ4n) is 2.09. The van der Waals surface area contributed by atoms with Crippen molar-refractivity contribution in [2.45, 2.75) is 38.6 Å². The van der Waals surface area contributed by atoms with Crippen LogP contribution in [-0.2, 0) is 6.42 Å². The molecule has 0 saturated heterocycles. The maximum Gasteiger partial charge on any atom is 0.123 e. The summed E-state index contributed by atoms with van der Waals surface area (Å²) >= 11 is 0. The first-order chi connectivity index (χ1) is 7.69. The third kappa shape index (κ3) is 3.03. The summed E-state index contributed by atoms with van der Waals surface area (Å²) in [5.74, 6) is 6.21. The summed E-state index contributed by atoms with van der Waals surface area (Å²) in [4.78, 5) is 0. The average molecular weight is 222 g/mol. The highest BCUT2D eigenvalue weighted by molar-refractivity contribution is 5.27. The molecular formula is C13H19FN2. The lowest BCUT2D eigenvalue weighted by atomic mass is 9.98. The quantitative estimate of drug-likeness (QED) is 0.592. The van der Waals surface area contributed by atoms with Gasteiger partial charge in [-0.05, 0) is 48.9 Å². The molecule has 0 radical (unpaired) electrons. The Morgan fingerprint density at radius 1 is 1.50 bits per heavy atom. The predicted molar refractivity (Wildman–Crippen MR) is 63.3 cm³/mol. The zero-order valence-electron chi connectivity index (χ0n) is 9.67. The summed E-state index contributed by atoms with van der Waals surface area (Å²) in [7, 11) is 0. The van der Waals surface area contributed by atoms with Gasteiger partial charge in [0.25, 0.3) is 0 Å². The van der Waals surface area contributed by atoms with Crippen molar-refractivity contribution in [2.75, 3.05) is 0 Å². The third-order valence-electron chi connectivity index (χ3n) is 3.33. The van der Waals surface area contributed by atoms with Gasteiger partial charge in [-0.25, -0.2) is 4.39 Å². The summed E-state index contributed by atoms with van der Waals surface area (Å²) in [6, 6.07) is 5.22. The minimum atomic E-state index is -0.164. The van der Waals surface area contributed by atoms with Crippen LogP contribution in [0, 0.1) is 18.7 Å². The Hall–Kier alpha value is -0.930. The minimum Gasteiger partial charge on any atom is -0.271 e. The highest BCUT2D eigenvalue weighted by Crippen LogP contribution is 2.34. The molecule has 0 amide bonds. The van der Waals surface area contributed by atoms with E-state index in [-0.39, 0.29) is 11.9 Å². The summed E-state index contributed by atoms with van der Waals surface area (Å²) < 4.78 is 13.1. The van der Waals surface area contributed by atoms with Crippen molar-refractivity contribution >= 4 is 0 Å². The Kier molecular flexibility index (Phi) is 3.56. The van der Waals surface area contributed by atoms with E-state index in [0.717, 1.165) is 29.9 Å². The van der Waals surface area contributed by atoms with E-state index in [4.69, 9.17) is 5.84 Å². The summed E-state index contributed by atoms with van der Waals surface area (Å²) in [6.45, 7) is 2.01. The van der Waals surface area contributed by atoms with Crippen molar-refractivity contribution in [2.24, 2.45) is 11.8 Å². The molecule has 1 aliphatic carbocycles. The van der Waals surface area contributed by atoms with Crippen molar-refractivity contribution < 1.29 is 4.39 Å². The van der Waals surface area contributed by atoms with Crippen LogP contribution in [0.25, 0.3) is 0 Å². The maximum atomic E-state index is 13.1. The summed E-state index contributed by atoms with van der Waals surface area (Å²) in [5, 5.41) is 0. The van der Waals surface area contributed by atoms with Crippen LogP contribution in [-0.4, -0.2) is 6.04 Å². The van der Waals surface area contributed by atoms with Gasteiger partial charge in [0.05, 0.1) is 0 Å². The number of aryl methyl sites for hydroxylation is 1. The van der Waals surface area contributed by atoms with Gasteiger partial charge in [-0.15, -0.1) is 0 Å². The lowest BCUT2D eigenvalue weighted by Crippen LogP contribution is -2.37. The summed E-state index contributed by atoms with van der Waals surface area (Å²) in [5.41, 5.74) is 5.04. The van der Waals surface area contributed by atoms with Gasteiger partial charge in [0, 0.05) is 6.04 Å². The van der Waals surface area contributed by atoms with Crippen LogP contribution in [0.2, 0.25) is 0 Å². The van der Waals surface area contributed by atoms with Gasteiger partial charge in [-0.3, -0.25) is 11.3 Å². The molecule has 0 aliphatic heterocycles. The van der Waals surface area contributed by atoms with Crippen LogP contribution >= 0.6 is 0 Å². The van der Waals surface area contributed by atoms with Crippen molar-refractivity contribution in [1.29, 1.82) is 0 Å². The first kappa shape index (κ1) is 11.6. The molecule has 0 spiro atoms. The number of rotatable bonds is 5. The molecule has 88 valence electrons. The molecule has 3 heteroatoms. The van der Waals surface area contributed by atoms with Gasteiger partial charge in [-0.1, -0.05) is 18.9 Å². The predicted octanol–water partition coefficient (Wildman–Crippen LogP) is 2.31. The van der Waals surface area contributed by atoms with E-state index >= 15 is 0 Å². The molecule has 2 rings (SSSR count). The molecule has 0 heterocycles. The zero-order chi connectivity index (χ0) is 11.5. The first-order valence-corrected chi connectivity index (χ1v) is 5.90. The van der Waals surface area contributed by atoms with E-state index in [2.05, 4.69) is 5.43 Å². The molecular weight excluding hydrogens is 203 g/mol. The number of halogens is 1. The first-order valence-electron chi connectivity index (χ1n) is 5.90. The molecule has 1 saturated carbocycles. The Bertz CT molecular complexity index is 361. The van der Waals surface area contributed by atoms with Gasteiger partial charge >= 0.3 is 0 Å². The number of benzene rings is 1. The second kappa shape index (κ2) is 4.93. The fraction of sp³-hybridized carbons (Fsp3) is 0.538. The van der Waals surface area contributed by atoms with Crippen LogP contribution in [0.5, 0.6) is 0 Å². The Morgan fingerprint density at radius 2 is 2.25 bits per heavy atom. The molecule has 1 unspecified atom stereocenters. The van der Waals surface area contributed by atoms with Crippen molar-refractivity contribution in [3.8, 4) is 0 Å². The molecule has 3 N–H and O–H groups in total. The molecule has 0 aromatic heterocycles. The standard InChI is InChI=1S/C13H19FN2/c1-9-2-5-12(14)7-11(9)8-13(16-15)6-10-3-4-10/h2,5,7,10,13,16H,3-4,6,8,15H2,1H3. The number of nitrogens with two attached hydrogens (primary N) is 1. The zero-order valence-corrected chi connectivity index (χ0v) is 9.67. The molecule has 1 atom stereocenters. The van der Waals surface area contributed by atoms with Gasteiger partial charge < -0.3 is 0 Å². The largest absolute Gasteiger partial charge is 0.271 e. The average Bonchev–Trinajstić information content (AvgIpc) is 3.06. The van der Waals surface area contributed by atoms with E-state index in [9.17, 15) is 4.39 Å². The van der Waals surface area contributed by atoms with E-state index in [1.165, 1.54) is 18.9 Å². The van der Waals surface area contributed by atoms with Crippen molar-refractivity contribution in [3.05, 3.63) is 35.1 Å². The highest BCUT2D eigenvalue weighted by atomic mass is 19.1. The lowest BCUT2D eigenvalue weighted by Gasteiger charge is -2.16. The van der Waals surface area contributed by atoms with Gasteiger partial charge in [-0.2, -0.15) is 0 Å². The Balaban J connectivity index is 2.01. The highest BCUT2D eigenvalue weighted by Gasteiger charge is 2.25. The lowest BCUT2D eigenvalue weighted by molar-refractivity contribution is 0.464. The maximum absolute atomic E-state index is 13.1. The molecule has 1 fully saturated rings. The van der Waals surface area contributed by atoms with E-state index in [1.54, 1.807) is 6.07 Å². The second-order valence-electron chi connectivity index (χ2n) is 4.82. The molecule has 16 heavy (non-hydrogen) atoms. The third-order valence-corrected chi connectivity index (χ3v) is 3.33. The number of hydrogen-bond acceptors (Lipinski definition) is 2. The van der Waals surface area contributed by atoms with Crippen molar-refractivity contribution in [1.82, 2.24) is 5.43 Å². The van der Waals surface area contributed by atoms with Gasteiger partial charge in [0.15, 0.2) is 0 Å². The second-order valence-corrected chi connectivity index (χ2v) is 4.82. The molecule has 1 aromatic rings. The molecule has 2 nitrogen and oxygen atoms in total. The normalized spacial score (nSPS) is 17.4.